The number of hydrogen-bond acceptors (Lipinski definition) is 3. The SMILES string of the molecule is CCCC=C(C)C(=O)OC(C)=O. The van der Waals surface area contributed by atoms with E-state index in [4.69, 9.17) is 0 Å². The monoisotopic (exact) mass is 170 g/mol. The van der Waals surface area contributed by atoms with Crippen molar-refractivity contribution >= 4 is 11.9 Å². The molecular weight excluding hydrogens is 156 g/mol. The van der Waals surface area contributed by atoms with Crippen LogP contribution in [0, 0.1) is 0 Å². The van der Waals surface area contributed by atoms with Crippen molar-refractivity contribution in [3.8, 4) is 0 Å². The van der Waals surface area contributed by atoms with Crippen LogP contribution in [0.1, 0.15) is 33.6 Å². The molecule has 0 N–H and O–H groups in total. The Kier molecular flexibility index (Phi) is 5.00. The summed E-state index contributed by atoms with van der Waals surface area (Å²) in [4.78, 5) is 21.3. The lowest BCUT2D eigenvalue weighted by molar-refractivity contribution is -0.155. The number of carbonyl (C=O) groups is 2. The first-order valence-electron chi connectivity index (χ1n) is 3.97. The van der Waals surface area contributed by atoms with Crippen LogP contribution in [0.5, 0.6) is 0 Å². The van der Waals surface area contributed by atoms with Gasteiger partial charge in [-0.15, -0.1) is 0 Å². The number of ether oxygens (including phenoxy) is 1. The topological polar surface area (TPSA) is 43.4 Å². The predicted molar refractivity (Wildman–Crippen MR) is 45.4 cm³/mol. The molecule has 0 aromatic heterocycles. The Morgan fingerprint density at radius 3 is 2.33 bits per heavy atom. The zero-order valence-corrected chi connectivity index (χ0v) is 7.72. The molecule has 0 saturated carbocycles. The Hall–Kier alpha value is -1.12. The van der Waals surface area contributed by atoms with Gasteiger partial charge in [-0.05, 0) is 13.3 Å². The first-order valence-corrected chi connectivity index (χ1v) is 3.97. The molecule has 0 bridgehead atoms. The van der Waals surface area contributed by atoms with Gasteiger partial charge in [0.25, 0.3) is 0 Å². The highest BCUT2D eigenvalue weighted by Gasteiger charge is 2.06. The van der Waals surface area contributed by atoms with Gasteiger partial charge in [0.2, 0.25) is 0 Å². The van der Waals surface area contributed by atoms with Crippen molar-refractivity contribution in [1.29, 1.82) is 0 Å². The van der Waals surface area contributed by atoms with E-state index in [9.17, 15) is 9.59 Å². The van der Waals surface area contributed by atoms with Gasteiger partial charge in [-0.3, -0.25) is 4.79 Å². The molecule has 0 saturated heterocycles. The van der Waals surface area contributed by atoms with Gasteiger partial charge >= 0.3 is 11.9 Å². The Morgan fingerprint density at radius 2 is 1.92 bits per heavy atom. The normalized spacial score (nSPS) is 11.1. The summed E-state index contributed by atoms with van der Waals surface area (Å²) in [6.07, 6.45) is 3.58. The second-order valence-corrected chi connectivity index (χ2v) is 2.56. The summed E-state index contributed by atoms with van der Waals surface area (Å²) < 4.78 is 4.36. The standard InChI is InChI=1S/C9H14O3/c1-4-5-6-7(2)9(11)12-8(3)10/h6H,4-5H2,1-3H3. The quantitative estimate of drug-likeness (QED) is 0.368. The van der Waals surface area contributed by atoms with E-state index in [-0.39, 0.29) is 0 Å². The molecule has 12 heavy (non-hydrogen) atoms. The fourth-order valence-electron chi connectivity index (χ4n) is 0.655. The van der Waals surface area contributed by atoms with Crippen LogP contribution in [0.2, 0.25) is 0 Å². The summed E-state index contributed by atoms with van der Waals surface area (Å²) in [6, 6.07) is 0. The molecule has 68 valence electrons. The smallest absolute Gasteiger partial charge is 0.341 e. The van der Waals surface area contributed by atoms with Crippen molar-refractivity contribution in [3.05, 3.63) is 11.6 Å². The van der Waals surface area contributed by atoms with Crippen molar-refractivity contribution in [2.45, 2.75) is 33.6 Å². The van der Waals surface area contributed by atoms with Crippen molar-refractivity contribution < 1.29 is 14.3 Å². The molecule has 0 spiro atoms. The van der Waals surface area contributed by atoms with Crippen LogP contribution in [0.3, 0.4) is 0 Å². The zero-order chi connectivity index (χ0) is 9.56. The first kappa shape index (κ1) is 10.9. The van der Waals surface area contributed by atoms with E-state index in [2.05, 4.69) is 4.74 Å². The minimum absolute atomic E-state index is 0.493. The van der Waals surface area contributed by atoms with E-state index in [1.807, 2.05) is 6.92 Å². The third kappa shape index (κ3) is 4.66. The van der Waals surface area contributed by atoms with Crippen molar-refractivity contribution in [2.24, 2.45) is 0 Å². The fraction of sp³-hybridized carbons (Fsp3) is 0.556. The molecule has 3 heteroatoms. The lowest BCUT2D eigenvalue weighted by Gasteiger charge is -1.98. The minimum atomic E-state index is -0.566. The average molecular weight is 170 g/mol. The molecule has 0 rings (SSSR count). The highest BCUT2D eigenvalue weighted by Crippen LogP contribution is 2.00. The fourth-order valence-corrected chi connectivity index (χ4v) is 0.655. The molecule has 3 nitrogen and oxygen atoms in total. The van der Waals surface area contributed by atoms with Crippen LogP contribution in [0.25, 0.3) is 0 Å². The third-order valence-corrected chi connectivity index (χ3v) is 1.30. The molecule has 0 aliphatic carbocycles. The second kappa shape index (κ2) is 5.52. The Bertz CT molecular complexity index is 204. The van der Waals surface area contributed by atoms with Crippen LogP contribution in [0.15, 0.2) is 11.6 Å². The van der Waals surface area contributed by atoms with Crippen LogP contribution in [0.4, 0.5) is 0 Å². The van der Waals surface area contributed by atoms with E-state index in [0.717, 1.165) is 12.8 Å². The van der Waals surface area contributed by atoms with Crippen LogP contribution in [-0.4, -0.2) is 11.9 Å². The highest BCUT2D eigenvalue weighted by molar-refractivity contribution is 5.95. The lowest BCUT2D eigenvalue weighted by atomic mass is 10.2. The van der Waals surface area contributed by atoms with E-state index in [1.165, 1.54) is 6.92 Å². The van der Waals surface area contributed by atoms with Gasteiger partial charge < -0.3 is 4.74 Å². The Morgan fingerprint density at radius 1 is 1.33 bits per heavy atom. The van der Waals surface area contributed by atoms with Gasteiger partial charge in [0.1, 0.15) is 0 Å². The number of hydrogen-bond donors (Lipinski definition) is 0. The molecule has 0 atom stereocenters. The molecule has 0 aliphatic heterocycles. The molecule has 0 aromatic carbocycles. The van der Waals surface area contributed by atoms with E-state index in [1.54, 1.807) is 13.0 Å². The maximum Gasteiger partial charge on any atom is 0.341 e. The summed E-state index contributed by atoms with van der Waals surface area (Å²) in [5.74, 6) is -1.11. The summed E-state index contributed by atoms with van der Waals surface area (Å²) in [7, 11) is 0. The van der Waals surface area contributed by atoms with Crippen LogP contribution < -0.4 is 0 Å². The number of allylic oxidation sites excluding steroid dienone is 1. The number of carbonyl (C=O) groups excluding carboxylic acids is 2. The van der Waals surface area contributed by atoms with Gasteiger partial charge in [-0.1, -0.05) is 19.4 Å². The van der Waals surface area contributed by atoms with Gasteiger partial charge in [-0.2, -0.15) is 0 Å². The van der Waals surface area contributed by atoms with Crippen molar-refractivity contribution in [1.82, 2.24) is 0 Å². The zero-order valence-electron chi connectivity index (χ0n) is 7.72. The summed E-state index contributed by atoms with van der Waals surface area (Å²) in [5, 5.41) is 0. The summed E-state index contributed by atoms with van der Waals surface area (Å²) in [6.45, 7) is 4.87. The molecule has 0 heterocycles. The van der Waals surface area contributed by atoms with Crippen molar-refractivity contribution in [2.75, 3.05) is 0 Å². The Balaban J connectivity index is 4.00. The van der Waals surface area contributed by atoms with E-state index in [0.29, 0.717) is 5.57 Å². The first-order chi connectivity index (χ1) is 5.57. The highest BCUT2D eigenvalue weighted by atomic mass is 16.6. The molecular formula is C9H14O3. The van der Waals surface area contributed by atoms with Gasteiger partial charge in [0.15, 0.2) is 0 Å². The van der Waals surface area contributed by atoms with Gasteiger partial charge in [-0.25, -0.2) is 4.79 Å². The minimum Gasteiger partial charge on any atom is -0.390 e. The maximum atomic E-state index is 10.9. The molecule has 0 fully saturated rings. The van der Waals surface area contributed by atoms with E-state index < -0.39 is 11.9 Å². The lowest BCUT2D eigenvalue weighted by Crippen LogP contribution is -2.09. The van der Waals surface area contributed by atoms with Gasteiger partial charge in [0.05, 0.1) is 0 Å². The van der Waals surface area contributed by atoms with Gasteiger partial charge in [0, 0.05) is 12.5 Å². The number of esters is 2. The van der Waals surface area contributed by atoms with Crippen LogP contribution >= 0.6 is 0 Å². The molecule has 0 aromatic rings. The third-order valence-electron chi connectivity index (χ3n) is 1.30. The van der Waals surface area contributed by atoms with Crippen LogP contribution in [-0.2, 0) is 14.3 Å². The molecule has 0 unspecified atom stereocenters. The number of unbranched alkanes of at least 4 members (excludes halogenated alkanes) is 1. The predicted octanol–water partition coefficient (Wildman–Crippen LogP) is 1.82. The second-order valence-electron chi connectivity index (χ2n) is 2.56. The summed E-state index contributed by atoms with van der Waals surface area (Å²) >= 11 is 0. The molecule has 0 radical (unpaired) electrons. The largest absolute Gasteiger partial charge is 0.390 e. The molecule has 0 aliphatic rings. The van der Waals surface area contributed by atoms with E-state index >= 15 is 0 Å². The summed E-state index contributed by atoms with van der Waals surface area (Å²) in [5.41, 5.74) is 0.493. The van der Waals surface area contributed by atoms with Crippen molar-refractivity contribution in [3.63, 3.8) is 0 Å². The average Bonchev–Trinajstić information content (AvgIpc) is 1.98. The Labute approximate surface area is 72.4 Å². The maximum absolute atomic E-state index is 10.9. The number of rotatable bonds is 3. The molecule has 0 amide bonds.